The highest BCUT2D eigenvalue weighted by molar-refractivity contribution is 5.80. The number of rotatable bonds is 5. The summed E-state index contributed by atoms with van der Waals surface area (Å²) in [4.78, 5) is 12.3. The number of carbonyl (C=O) groups is 1. The number of benzene rings is 1. The van der Waals surface area contributed by atoms with Gasteiger partial charge in [-0.15, -0.1) is 5.10 Å². The van der Waals surface area contributed by atoms with Gasteiger partial charge in [0.1, 0.15) is 12.1 Å². The fraction of sp³-hybridized carbons (Fsp3) is 0.364. The van der Waals surface area contributed by atoms with Crippen LogP contribution in [0.2, 0.25) is 0 Å². The molecule has 7 heteroatoms. The number of carboxylic acid groups (broad SMARTS) is 1. The Morgan fingerprint density at radius 3 is 2.94 bits per heavy atom. The normalized spacial score (nSPS) is 10.8. The second-order valence-corrected chi connectivity index (χ2v) is 3.96. The first-order chi connectivity index (χ1) is 8.61. The number of aromatic nitrogens is 3. The van der Waals surface area contributed by atoms with Crippen molar-refractivity contribution in [3.8, 4) is 0 Å². The highest BCUT2D eigenvalue weighted by atomic mass is 16.4. The van der Waals surface area contributed by atoms with Crippen molar-refractivity contribution in [2.45, 2.75) is 6.54 Å². The van der Waals surface area contributed by atoms with Gasteiger partial charge < -0.3 is 15.1 Å². The maximum absolute atomic E-state index is 10.6. The molecule has 0 amide bonds. The van der Waals surface area contributed by atoms with Crippen LogP contribution in [0.15, 0.2) is 18.2 Å². The highest BCUT2D eigenvalue weighted by Crippen LogP contribution is 2.19. The zero-order valence-electron chi connectivity index (χ0n) is 9.94. The van der Waals surface area contributed by atoms with E-state index < -0.39 is 5.97 Å². The molecular weight excluding hydrogens is 236 g/mol. The molecule has 0 spiro atoms. The van der Waals surface area contributed by atoms with Crippen molar-refractivity contribution < 1.29 is 15.0 Å². The van der Waals surface area contributed by atoms with Crippen LogP contribution in [0.25, 0.3) is 11.0 Å². The predicted octanol–water partition coefficient (Wildman–Crippen LogP) is -0.0556. The van der Waals surface area contributed by atoms with Gasteiger partial charge in [0.05, 0.1) is 18.7 Å². The van der Waals surface area contributed by atoms with E-state index in [9.17, 15) is 4.79 Å². The van der Waals surface area contributed by atoms with Gasteiger partial charge in [-0.2, -0.15) is 0 Å². The summed E-state index contributed by atoms with van der Waals surface area (Å²) >= 11 is 0. The Bertz CT molecular complexity index is 566. The maximum Gasteiger partial charge on any atom is 0.323 e. The smallest absolute Gasteiger partial charge is 0.323 e. The number of aliphatic hydroxyl groups excluding tert-OH is 1. The molecule has 1 aromatic carbocycles. The third-order valence-electron chi connectivity index (χ3n) is 2.62. The molecule has 18 heavy (non-hydrogen) atoms. The molecule has 1 heterocycles. The maximum atomic E-state index is 10.6. The monoisotopic (exact) mass is 250 g/mol. The van der Waals surface area contributed by atoms with Crippen LogP contribution >= 0.6 is 0 Å². The number of anilines is 1. The average molecular weight is 250 g/mol. The number of aliphatic hydroxyl groups is 1. The Balaban J connectivity index is 2.30. The summed E-state index contributed by atoms with van der Waals surface area (Å²) in [5, 5.41) is 25.5. The summed E-state index contributed by atoms with van der Waals surface area (Å²) in [6.07, 6.45) is 0. The largest absolute Gasteiger partial charge is 0.480 e. The molecule has 0 saturated heterocycles. The molecule has 1 aromatic heterocycles. The summed E-state index contributed by atoms with van der Waals surface area (Å²) in [7, 11) is 1.70. The summed E-state index contributed by atoms with van der Waals surface area (Å²) in [6.45, 7) is 0.316. The number of nitrogens with zero attached hydrogens (tertiary/aromatic N) is 4. The minimum atomic E-state index is -0.887. The molecule has 0 atom stereocenters. The van der Waals surface area contributed by atoms with Crippen molar-refractivity contribution in [1.29, 1.82) is 0 Å². The van der Waals surface area contributed by atoms with E-state index in [4.69, 9.17) is 10.2 Å². The second-order valence-electron chi connectivity index (χ2n) is 3.96. The van der Waals surface area contributed by atoms with E-state index in [-0.39, 0.29) is 13.2 Å². The number of carboxylic acids is 1. The molecule has 96 valence electrons. The van der Waals surface area contributed by atoms with Crippen LogP contribution in [-0.4, -0.2) is 51.4 Å². The van der Waals surface area contributed by atoms with Crippen LogP contribution in [0, 0.1) is 0 Å². The summed E-state index contributed by atoms with van der Waals surface area (Å²) in [5.41, 5.74) is 2.26. The molecule has 2 rings (SSSR count). The number of likely N-dealkylation sites (N-methyl/N-ethyl adjacent to an activating group) is 1. The SMILES string of the molecule is CN(CC(=O)O)c1ccc2c(c1)nnn2CCO. The Kier molecular flexibility index (Phi) is 3.42. The number of aliphatic carboxylic acids is 1. The van der Waals surface area contributed by atoms with Crippen molar-refractivity contribution in [2.24, 2.45) is 0 Å². The number of fused-ring (bicyclic) bond motifs is 1. The molecule has 0 aliphatic carbocycles. The first-order valence-corrected chi connectivity index (χ1v) is 5.49. The van der Waals surface area contributed by atoms with Crippen molar-refractivity contribution >= 4 is 22.7 Å². The molecule has 7 nitrogen and oxygen atoms in total. The van der Waals surface area contributed by atoms with Crippen LogP contribution < -0.4 is 4.90 Å². The van der Waals surface area contributed by atoms with Crippen LogP contribution in [-0.2, 0) is 11.3 Å². The Hall–Kier alpha value is -2.15. The lowest BCUT2D eigenvalue weighted by atomic mass is 10.2. The second kappa shape index (κ2) is 5.01. The van der Waals surface area contributed by atoms with Crippen LogP contribution in [0.3, 0.4) is 0 Å². The Morgan fingerprint density at radius 2 is 2.28 bits per heavy atom. The van der Waals surface area contributed by atoms with E-state index in [1.54, 1.807) is 22.7 Å². The van der Waals surface area contributed by atoms with E-state index in [0.717, 1.165) is 11.2 Å². The lowest BCUT2D eigenvalue weighted by Crippen LogP contribution is -2.24. The number of hydrogen-bond donors (Lipinski definition) is 2. The molecule has 0 saturated carbocycles. The fourth-order valence-electron chi connectivity index (χ4n) is 1.75. The fourth-order valence-corrected chi connectivity index (χ4v) is 1.75. The zero-order valence-corrected chi connectivity index (χ0v) is 9.94. The van der Waals surface area contributed by atoms with Gasteiger partial charge in [-0.3, -0.25) is 4.79 Å². The molecule has 0 fully saturated rings. The van der Waals surface area contributed by atoms with E-state index in [1.807, 2.05) is 12.1 Å². The van der Waals surface area contributed by atoms with Crippen LogP contribution in [0.5, 0.6) is 0 Å². The topological polar surface area (TPSA) is 91.5 Å². The first kappa shape index (κ1) is 12.3. The van der Waals surface area contributed by atoms with Gasteiger partial charge in [-0.1, -0.05) is 5.21 Å². The molecule has 0 unspecified atom stereocenters. The van der Waals surface area contributed by atoms with Gasteiger partial charge in [0, 0.05) is 12.7 Å². The summed E-state index contributed by atoms with van der Waals surface area (Å²) < 4.78 is 1.61. The molecule has 0 aliphatic rings. The average Bonchev–Trinajstić information content (AvgIpc) is 2.71. The Morgan fingerprint density at radius 1 is 1.50 bits per heavy atom. The summed E-state index contributed by atoms with van der Waals surface area (Å²) in [5.74, 6) is -0.887. The lowest BCUT2D eigenvalue weighted by Gasteiger charge is -2.16. The molecule has 0 aliphatic heterocycles. The molecule has 2 N–H and O–H groups in total. The summed E-state index contributed by atoms with van der Waals surface area (Å²) in [6, 6.07) is 5.40. The standard InChI is InChI=1S/C11H14N4O3/c1-14(7-11(17)18)8-2-3-10-9(6-8)12-13-15(10)4-5-16/h2-3,6,16H,4-5,7H2,1H3,(H,17,18). The van der Waals surface area contributed by atoms with E-state index in [0.29, 0.717) is 12.1 Å². The Labute approximate surface area is 103 Å². The van der Waals surface area contributed by atoms with Gasteiger partial charge in [0.2, 0.25) is 0 Å². The van der Waals surface area contributed by atoms with Crippen molar-refractivity contribution in [2.75, 3.05) is 25.1 Å². The molecule has 0 radical (unpaired) electrons. The van der Waals surface area contributed by atoms with Gasteiger partial charge in [0.25, 0.3) is 0 Å². The van der Waals surface area contributed by atoms with Gasteiger partial charge in [-0.05, 0) is 18.2 Å². The van der Waals surface area contributed by atoms with Crippen LogP contribution in [0.4, 0.5) is 5.69 Å². The first-order valence-electron chi connectivity index (χ1n) is 5.49. The van der Waals surface area contributed by atoms with Crippen molar-refractivity contribution in [3.05, 3.63) is 18.2 Å². The zero-order chi connectivity index (χ0) is 13.1. The van der Waals surface area contributed by atoms with Gasteiger partial charge >= 0.3 is 5.97 Å². The van der Waals surface area contributed by atoms with Crippen LogP contribution in [0.1, 0.15) is 0 Å². The minimum absolute atomic E-state index is 0.000865. The quantitative estimate of drug-likeness (QED) is 0.772. The van der Waals surface area contributed by atoms with Crippen molar-refractivity contribution in [3.63, 3.8) is 0 Å². The molecular formula is C11H14N4O3. The van der Waals surface area contributed by atoms with E-state index >= 15 is 0 Å². The molecule has 0 bridgehead atoms. The predicted molar refractivity (Wildman–Crippen MR) is 65.5 cm³/mol. The lowest BCUT2D eigenvalue weighted by molar-refractivity contribution is -0.135. The third-order valence-corrected chi connectivity index (χ3v) is 2.62. The van der Waals surface area contributed by atoms with Gasteiger partial charge in [0.15, 0.2) is 0 Å². The number of hydrogen-bond acceptors (Lipinski definition) is 5. The highest BCUT2D eigenvalue weighted by Gasteiger charge is 2.09. The van der Waals surface area contributed by atoms with Gasteiger partial charge in [-0.25, -0.2) is 4.68 Å². The van der Waals surface area contributed by atoms with E-state index in [2.05, 4.69) is 10.3 Å². The van der Waals surface area contributed by atoms with Crippen molar-refractivity contribution in [1.82, 2.24) is 15.0 Å². The third kappa shape index (κ3) is 2.40. The molecule has 2 aromatic rings. The minimum Gasteiger partial charge on any atom is -0.480 e. The van der Waals surface area contributed by atoms with E-state index in [1.165, 1.54) is 0 Å².